The van der Waals surface area contributed by atoms with E-state index in [4.69, 9.17) is 5.73 Å². The van der Waals surface area contributed by atoms with Crippen LogP contribution in [-0.2, 0) is 7.05 Å². The lowest BCUT2D eigenvalue weighted by molar-refractivity contribution is 0.611. The van der Waals surface area contributed by atoms with Gasteiger partial charge in [0.05, 0.1) is 6.20 Å². The fourth-order valence-corrected chi connectivity index (χ4v) is 1.86. The number of benzene rings is 1. The lowest BCUT2D eigenvalue weighted by Gasteiger charge is -2.05. The van der Waals surface area contributed by atoms with Crippen LogP contribution in [0.15, 0.2) is 37.1 Å². The average molecular weight is 258 g/mol. The second-order valence-corrected chi connectivity index (χ2v) is 4.07. The zero-order valence-corrected chi connectivity index (χ0v) is 10.2. The summed E-state index contributed by atoms with van der Waals surface area (Å²) in [6.45, 7) is 0. The first-order chi connectivity index (χ1) is 9.16. The third-order valence-electron chi connectivity index (χ3n) is 2.91. The van der Waals surface area contributed by atoms with E-state index in [2.05, 4.69) is 15.2 Å². The molecule has 0 aliphatic carbocycles. The number of rotatable bonds is 2. The Labute approximate surface area is 108 Å². The summed E-state index contributed by atoms with van der Waals surface area (Å²) in [5.74, 6) is 0.0964. The third-order valence-corrected chi connectivity index (χ3v) is 2.91. The molecule has 0 saturated heterocycles. The second-order valence-electron chi connectivity index (χ2n) is 4.07. The molecule has 0 fully saturated rings. The Morgan fingerprint density at radius 1 is 1.26 bits per heavy atom. The lowest BCUT2D eigenvalue weighted by atomic mass is 10.1. The van der Waals surface area contributed by atoms with Crippen molar-refractivity contribution < 1.29 is 4.39 Å². The summed E-state index contributed by atoms with van der Waals surface area (Å²) in [6, 6.07) is 4.81. The standard InChI is InChI=1S/C12H11FN6/c1-18-12(14)9(5-16-18)8-2-3-11(10(13)4-8)19-7-15-6-17-19/h2-7H,14H2,1H3. The van der Waals surface area contributed by atoms with Gasteiger partial charge in [0.15, 0.2) is 0 Å². The molecular formula is C12H11FN6. The minimum Gasteiger partial charge on any atom is -0.383 e. The highest BCUT2D eigenvalue weighted by Gasteiger charge is 2.11. The zero-order chi connectivity index (χ0) is 13.4. The van der Waals surface area contributed by atoms with Crippen molar-refractivity contribution in [1.29, 1.82) is 0 Å². The fourth-order valence-electron chi connectivity index (χ4n) is 1.86. The summed E-state index contributed by atoms with van der Waals surface area (Å²) in [5, 5.41) is 7.93. The summed E-state index contributed by atoms with van der Waals surface area (Å²) in [6.07, 6.45) is 4.40. The van der Waals surface area contributed by atoms with Gasteiger partial charge < -0.3 is 5.73 Å². The first-order valence-corrected chi connectivity index (χ1v) is 5.59. The molecule has 2 N–H and O–H groups in total. The van der Waals surface area contributed by atoms with E-state index >= 15 is 0 Å². The molecule has 6 nitrogen and oxygen atoms in total. The van der Waals surface area contributed by atoms with Crippen LogP contribution in [0.4, 0.5) is 10.2 Å². The molecule has 0 unspecified atom stereocenters. The Morgan fingerprint density at radius 2 is 2.11 bits per heavy atom. The van der Waals surface area contributed by atoms with Crippen LogP contribution >= 0.6 is 0 Å². The number of hydrogen-bond donors (Lipinski definition) is 1. The van der Waals surface area contributed by atoms with Crippen LogP contribution in [0.1, 0.15) is 0 Å². The van der Waals surface area contributed by atoms with E-state index in [1.54, 1.807) is 30.1 Å². The molecule has 3 aromatic rings. The molecule has 3 rings (SSSR count). The predicted octanol–water partition coefficient (Wildman–Crippen LogP) is 1.39. The molecule has 0 saturated carbocycles. The highest BCUT2D eigenvalue weighted by Crippen LogP contribution is 2.27. The van der Waals surface area contributed by atoms with Gasteiger partial charge in [-0.2, -0.15) is 10.2 Å². The minimum absolute atomic E-state index is 0.337. The number of hydrogen-bond acceptors (Lipinski definition) is 4. The zero-order valence-electron chi connectivity index (χ0n) is 10.2. The highest BCUT2D eigenvalue weighted by atomic mass is 19.1. The van der Waals surface area contributed by atoms with Gasteiger partial charge >= 0.3 is 0 Å². The van der Waals surface area contributed by atoms with Crippen LogP contribution in [0.3, 0.4) is 0 Å². The maximum absolute atomic E-state index is 14.1. The van der Waals surface area contributed by atoms with E-state index < -0.39 is 5.82 Å². The molecular weight excluding hydrogens is 247 g/mol. The van der Waals surface area contributed by atoms with Crippen molar-refractivity contribution in [3.8, 4) is 16.8 Å². The first kappa shape index (κ1) is 11.4. The maximum Gasteiger partial charge on any atom is 0.149 e. The fraction of sp³-hybridized carbons (Fsp3) is 0.0833. The monoisotopic (exact) mass is 258 g/mol. The van der Waals surface area contributed by atoms with E-state index in [1.807, 2.05) is 0 Å². The molecule has 0 aliphatic heterocycles. The van der Waals surface area contributed by atoms with E-state index in [0.717, 1.165) is 0 Å². The first-order valence-electron chi connectivity index (χ1n) is 5.59. The van der Waals surface area contributed by atoms with E-state index in [9.17, 15) is 4.39 Å². The number of nitrogens with zero attached hydrogens (tertiary/aromatic N) is 5. The number of aryl methyl sites for hydroxylation is 1. The van der Waals surface area contributed by atoms with Crippen molar-refractivity contribution in [2.75, 3.05) is 5.73 Å². The summed E-state index contributed by atoms with van der Waals surface area (Å²) in [4.78, 5) is 3.79. The molecule has 2 aromatic heterocycles. The lowest BCUT2D eigenvalue weighted by Crippen LogP contribution is -2.00. The summed E-state index contributed by atoms with van der Waals surface area (Å²) in [7, 11) is 1.74. The molecule has 7 heteroatoms. The van der Waals surface area contributed by atoms with Crippen molar-refractivity contribution in [2.24, 2.45) is 7.05 Å². The average Bonchev–Trinajstić information content (AvgIpc) is 3.01. The molecule has 0 bridgehead atoms. The normalized spacial score (nSPS) is 10.8. The van der Waals surface area contributed by atoms with Crippen LogP contribution in [0, 0.1) is 5.82 Å². The smallest absolute Gasteiger partial charge is 0.149 e. The van der Waals surface area contributed by atoms with Gasteiger partial charge in [-0.25, -0.2) is 14.1 Å². The van der Waals surface area contributed by atoms with Crippen LogP contribution in [0.5, 0.6) is 0 Å². The Hall–Kier alpha value is -2.70. The topological polar surface area (TPSA) is 74.5 Å². The maximum atomic E-state index is 14.1. The van der Waals surface area contributed by atoms with Crippen LogP contribution in [0.25, 0.3) is 16.8 Å². The van der Waals surface area contributed by atoms with Gasteiger partial charge in [0.1, 0.15) is 30.0 Å². The summed E-state index contributed by atoms with van der Waals surface area (Å²) in [5.41, 5.74) is 7.58. The molecule has 0 spiro atoms. The molecule has 0 amide bonds. The van der Waals surface area contributed by atoms with Crippen molar-refractivity contribution in [2.45, 2.75) is 0 Å². The van der Waals surface area contributed by atoms with Gasteiger partial charge in [-0.1, -0.05) is 6.07 Å². The Bertz CT molecular complexity index is 716. The number of anilines is 1. The molecule has 19 heavy (non-hydrogen) atoms. The number of halogens is 1. The van der Waals surface area contributed by atoms with Crippen molar-refractivity contribution in [1.82, 2.24) is 24.5 Å². The number of aromatic nitrogens is 5. The van der Waals surface area contributed by atoms with Crippen molar-refractivity contribution in [3.63, 3.8) is 0 Å². The van der Waals surface area contributed by atoms with E-state index in [-0.39, 0.29) is 0 Å². The van der Waals surface area contributed by atoms with Gasteiger partial charge in [-0.15, -0.1) is 0 Å². The van der Waals surface area contributed by atoms with Crippen molar-refractivity contribution in [3.05, 3.63) is 42.9 Å². The van der Waals surface area contributed by atoms with Gasteiger partial charge in [-0.3, -0.25) is 4.68 Å². The molecule has 0 aliphatic rings. The largest absolute Gasteiger partial charge is 0.383 e. The second kappa shape index (κ2) is 4.20. The van der Waals surface area contributed by atoms with Gasteiger partial charge in [0.2, 0.25) is 0 Å². The number of nitrogen functional groups attached to an aromatic ring is 1. The van der Waals surface area contributed by atoms with Crippen LogP contribution in [-0.4, -0.2) is 24.5 Å². The van der Waals surface area contributed by atoms with Gasteiger partial charge in [-0.05, 0) is 17.7 Å². The third kappa shape index (κ3) is 1.85. The quantitative estimate of drug-likeness (QED) is 0.753. The molecule has 96 valence electrons. The highest BCUT2D eigenvalue weighted by molar-refractivity contribution is 5.74. The molecule has 2 heterocycles. The van der Waals surface area contributed by atoms with E-state index in [1.165, 1.54) is 23.4 Å². The minimum atomic E-state index is -0.397. The van der Waals surface area contributed by atoms with E-state index in [0.29, 0.717) is 22.6 Å². The predicted molar refractivity (Wildman–Crippen MR) is 67.9 cm³/mol. The summed E-state index contributed by atoms with van der Waals surface area (Å²) < 4.78 is 17.0. The van der Waals surface area contributed by atoms with Gasteiger partial charge in [0, 0.05) is 12.6 Å². The Kier molecular flexibility index (Phi) is 2.52. The Morgan fingerprint density at radius 3 is 2.68 bits per heavy atom. The molecule has 0 atom stereocenters. The van der Waals surface area contributed by atoms with Crippen LogP contribution < -0.4 is 5.73 Å². The number of nitrogens with two attached hydrogens (primary N) is 1. The summed E-state index contributed by atoms with van der Waals surface area (Å²) >= 11 is 0. The SMILES string of the molecule is Cn1ncc(-c2ccc(-n3cncn3)c(F)c2)c1N. The van der Waals surface area contributed by atoms with Crippen molar-refractivity contribution >= 4 is 5.82 Å². The Balaban J connectivity index is 2.07. The molecule has 0 radical (unpaired) electrons. The van der Waals surface area contributed by atoms with Gasteiger partial charge in [0.25, 0.3) is 0 Å². The van der Waals surface area contributed by atoms with Crippen LogP contribution in [0.2, 0.25) is 0 Å². The molecule has 1 aromatic carbocycles.